The zero-order valence-electron chi connectivity index (χ0n) is 8.59. The molecule has 7 heteroatoms. The lowest BCUT2D eigenvalue weighted by atomic mass is 10.0. The van der Waals surface area contributed by atoms with Crippen LogP contribution in [-0.2, 0) is 10.0 Å². The van der Waals surface area contributed by atoms with E-state index in [0.717, 1.165) is 32.1 Å². The number of nitrogens with one attached hydrogen (secondary N) is 1. The van der Waals surface area contributed by atoms with Gasteiger partial charge in [-0.2, -0.15) is 0 Å². The van der Waals surface area contributed by atoms with Crippen LogP contribution in [0.15, 0.2) is 5.11 Å². The lowest BCUT2D eigenvalue weighted by Gasteiger charge is -2.21. The number of hydrogen-bond donors (Lipinski definition) is 1. The average molecular weight is 232 g/mol. The third-order valence-corrected chi connectivity index (χ3v) is 4.52. The Hall–Kier alpha value is -0.780. The second-order valence-electron chi connectivity index (χ2n) is 3.65. The third-order valence-electron chi connectivity index (χ3n) is 2.57. The van der Waals surface area contributed by atoms with Crippen molar-refractivity contribution in [3.8, 4) is 0 Å². The fourth-order valence-electron chi connectivity index (χ4n) is 1.78. The van der Waals surface area contributed by atoms with E-state index in [2.05, 4.69) is 14.7 Å². The van der Waals surface area contributed by atoms with Crippen molar-refractivity contribution in [3.63, 3.8) is 0 Å². The molecule has 0 aliphatic heterocycles. The van der Waals surface area contributed by atoms with Crippen LogP contribution < -0.4 is 4.72 Å². The molecule has 0 saturated heterocycles. The number of hydrogen-bond acceptors (Lipinski definition) is 3. The van der Waals surface area contributed by atoms with Crippen LogP contribution in [0.25, 0.3) is 10.4 Å². The summed E-state index contributed by atoms with van der Waals surface area (Å²) in [6.45, 7) is 0.366. The summed E-state index contributed by atoms with van der Waals surface area (Å²) in [7, 11) is -3.20. The van der Waals surface area contributed by atoms with Crippen molar-refractivity contribution >= 4 is 10.0 Å². The Labute approximate surface area is 89.7 Å². The van der Waals surface area contributed by atoms with Gasteiger partial charge in [-0.1, -0.05) is 24.4 Å². The molecule has 0 heterocycles. The van der Waals surface area contributed by atoms with Gasteiger partial charge < -0.3 is 0 Å². The monoisotopic (exact) mass is 232 g/mol. The maximum absolute atomic E-state index is 11.7. The van der Waals surface area contributed by atoms with E-state index in [1.807, 2.05) is 0 Å². The maximum atomic E-state index is 11.7. The molecule has 86 valence electrons. The molecule has 0 aromatic heterocycles. The molecule has 1 N–H and O–H groups in total. The van der Waals surface area contributed by atoms with Gasteiger partial charge in [-0.3, -0.25) is 0 Å². The van der Waals surface area contributed by atoms with Crippen molar-refractivity contribution in [2.45, 2.75) is 37.4 Å². The van der Waals surface area contributed by atoms with Crippen molar-refractivity contribution in [1.82, 2.24) is 4.72 Å². The van der Waals surface area contributed by atoms with Gasteiger partial charge in [0, 0.05) is 18.0 Å². The quantitative estimate of drug-likeness (QED) is 0.337. The minimum Gasteiger partial charge on any atom is -0.215 e. The predicted octanol–water partition coefficient (Wildman–Crippen LogP) is 1.55. The first-order chi connectivity index (χ1) is 7.17. The fraction of sp³-hybridized carbons (Fsp3) is 1.00. The van der Waals surface area contributed by atoms with E-state index in [-0.39, 0.29) is 18.3 Å². The Balaban J connectivity index is 2.39. The molecule has 0 unspecified atom stereocenters. The van der Waals surface area contributed by atoms with Crippen LogP contribution in [0.5, 0.6) is 0 Å². The third kappa shape index (κ3) is 4.07. The van der Waals surface area contributed by atoms with Gasteiger partial charge in [0.25, 0.3) is 0 Å². The molecule has 6 nitrogen and oxygen atoms in total. The van der Waals surface area contributed by atoms with Gasteiger partial charge >= 0.3 is 0 Å². The molecule has 1 aliphatic rings. The highest BCUT2D eigenvalue weighted by atomic mass is 32.2. The first-order valence-electron chi connectivity index (χ1n) is 5.16. The topological polar surface area (TPSA) is 94.9 Å². The molecular weight excluding hydrogens is 216 g/mol. The normalized spacial score (nSPS) is 18.4. The minimum absolute atomic E-state index is 0.169. The van der Waals surface area contributed by atoms with Crippen molar-refractivity contribution in [2.24, 2.45) is 5.11 Å². The van der Waals surface area contributed by atoms with Crippen LogP contribution in [0.3, 0.4) is 0 Å². The van der Waals surface area contributed by atoms with E-state index in [0.29, 0.717) is 0 Å². The standard InChI is InChI=1S/C8H16N4O2S/c9-12-10-6-7-11-15(13,14)8-4-2-1-3-5-8/h8,11H,1-7H2. The summed E-state index contributed by atoms with van der Waals surface area (Å²) in [6, 6.07) is 0. The van der Waals surface area contributed by atoms with Crippen molar-refractivity contribution < 1.29 is 8.42 Å². The highest BCUT2D eigenvalue weighted by molar-refractivity contribution is 7.90. The van der Waals surface area contributed by atoms with E-state index < -0.39 is 10.0 Å². The molecule has 0 aromatic carbocycles. The maximum Gasteiger partial charge on any atom is 0.214 e. The van der Waals surface area contributed by atoms with Gasteiger partial charge in [0.05, 0.1) is 5.25 Å². The van der Waals surface area contributed by atoms with Crippen molar-refractivity contribution in [1.29, 1.82) is 0 Å². The van der Waals surface area contributed by atoms with Crippen LogP contribution in [-0.4, -0.2) is 26.8 Å². The first kappa shape index (κ1) is 12.3. The van der Waals surface area contributed by atoms with Crippen molar-refractivity contribution in [3.05, 3.63) is 10.4 Å². The smallest absolute Gasteiger partial charge is 0.214 e. The summed E-state index contributed by atoms with van der Waals surface area (Å²) in [5.74, 6) is 0. The van der Waals surface area contributed by atoms with Crippen LogP contribution in [0.4, 0.5) is 0 Å². The van der Waals surface area contributed by atoms with Crippen LogP contribution in [0.1, 0.15) is 32.1 Å². The molecule has 0 radical (unpaired) electrons. The van der Waals surface area contributed by atoms with Gasteiger partial charge in [-0.25, -0.2) is 13.1 Å². The first-order valence-corrected chi connectivity index (χ1v) is 6.71. The van der Waals surface area contributed by atoms with Crippen LogP contribution in [0, 0.1) is 0 Å². The van der Waals surface area contributed by atoms with Gasteiger partial charge in [-0.15, -0.1) is 0 Å². The Morgan fingerprint density at radius 1 is 1.33 bits per heavy atom. The molecule has 1 fully saturated rings. The SMILES string of the molecule is [N-]=[N+]=NCCNS(=O)(=O)C1CCCCC1. The summed E-state index contributed by atoms with van der Waals surface area (Å²) in [4.78, 5) is 2.56. The van der Waals surface area contributed by atoms with E-state index >= 15 is 0 Å². The van der Waals surface area contributed by atoms with E-state index in [4.69, 9.17) is 5.53 Å². The number of rotatable bonds is 5. The number of azide groups is 1. The summed E-state index contributed by atoms with van der Waals surface area (Å²) in [5.41, 5.74) is 8.03. The summed E-state index contributed by atoms with van der Waals surface area (Å²) in [5, 5.41) is 3.02. The molecule has 0 spiro atoms. The highest BCUT2D eigenvalue weighted by Gasteiger charge is 2.26. The molecule has 0 aromatic rings. The lowest BCUT2D eigenvalue weighted by molar-refractivity contribution is 0.478. The Bertz CT molecular complexity index is 329. The molecule has 0 amide bonds. The Kier molecular flexibility index (Phi) is 4.87. The zero-order valence-corrected chi connectivity index (χ0v) is 9.41. The van der Waals surface area contributed by atoms with E-state index in [9.17, 15) is 8.42 Å². The van der Waals surface area contributed by atoms with Crippen molar-refractivity contribution in [2.75, 3.05) is 13.1 Å². The average Bonchev–Trinajstić information content (AvgIpc) is 2.26. The predicted molar refractivity (Wildman–Crippen MR) is 57.8 cm³/mol. The lowest BCUT2D eigenvalue weighted by Crippen LogP contribution is -2.36. The molecular formula is C8H16N4O2S. The zero-order chi connectivity index (χ0) is 11.1. The fourth-order valence-corrected chi connectivity index (χ4v) is 3.34. The summed E-state index contributed by atoms with van der Waals surface area (Å²) in [6.07, 6.45) is 4.60. The van der Waals surface area contributed by atoms with Crippen LogP contribution >= 0.6 is 0 Å². The van der Waals surface area contributed by atoms with Crippen LogP contribution in [0.2, 0.25) is 0 Å². The number of nitrogens with zero attached hydrogens (tertiary/aromatic N) is 3. The highest BCUT2D eigenvalue weighted by Crippen LogP contribution is 2.22. The molecule has 0 bridgehead atoms. The van der Waals surface area contributed by atoms with Gasteiger partial charge in [-0.05, 0) is 18.4 Å². The minimum atomic E-state index is -3.20. The molecule has 1 rings (SSSR count). The molecule has 1 saturated carbocycles. The molecule has 0 atom stereocenters. The Morgan fingerprint density at radius 3 is 2.60 bits per heavy atom. The molecule has 15 heavy (non-hydrogen) atoms. The van der Waals surface area contributed by atoms with Gasteiger partial charge in [0.15, 0.2) is 0 Å². The summed E-state index contributed by atoms with van der Waals surface area (Å²) < 4.78 is 25.9. The van der Waals surface area contributed by atoms with E-state index in [1.165, 1.54) is 0 Å². The Morgan fingerprint density at radius 2 is 2.00 bits per heavy atom. The van der Waals surface area contributed by atoms with Gasteiger partial charge in [0.2, 0.25) is 10.0 Å². The van der Waals surface area contributed by atoms with Gasteiger partial charge in [0.1, 0.15) is 0 Å². The molecule has 1 aliphatic carbocycles. The summed E-state index contributed by atoms with van der Waals surface area (Å²) >= 11 is 0. The second kappa shape index (κ2) is 5.95. The number of sulfonamides is 1. The van der Waals surface area contributed by atoms with E-state index in [1.54, 1.807) is 0 Å². The largest absolute Gasteiger partial charge is 0.215 e. The second-order valence-corrected chi connectivity index (χ2v) is 5.70.